The van der Waals surface area contributed by atoms with Gasteiger partial charge in [-0.3, -0.25) is 0 Å². The Kier molecular flexibility index (Phi) is 5.10. The van der Waals surface area contributed by atoms with Crippen LogP contribution in [0.4, 0.5) is 0 Å². The third-order valence-electron chi connectivity index (χ3n) is 2.45. The molecule has 0 heterocycles. The first-order valence-corrected chi connectivity index (χ1v) is 6.40. The zero-order valence-electron chi connectivity index (χ0n) is 10.0. The summed E-state index contributed by atoms with van der Waals surface area (Å²) in [6.45, 7) is 8.01. The zero-order chi connectivity index (χ0) is 12.0. The van der Waals surface area contributed by atoms with Gasteiger partial charge in [0.2, 0.25) is 0 Å². The van der Waals surface area contributed by atoms with Gasteiger partial charge < -0.3 is 5.11 Å². The molecule has 1 unspecified atom stereocenters. The maximum Gasteiger partial charge on any atom is 0.0718 e. The van der Waals surface area contributed by atoms with Crippen molar-refractivity contribution in [3.63, 3.8) is 0 Å². The number of hydrogen-bond acceptors (Lipinski definition) is 2. The Morgan fingerprint density at radius 2 is 2.00 bits per heavy atom. The Morgan fingerprint density at radius 1 is 1.38 bits per heavy atom. The molecule has 1 aromatic rings. The molecule has 0 saturated carbocycles. The van der Waals surface area contributed by atoms with Crippen LogP contribution >= 0.6 is 11.8 Å². The van der Waals surface area contributed by atoms with Crippen LogP contribution in [0.2, 0.25) is 0 Å². The second-order valence-corrected chi connectivity index (χ2v) is 6.30. The van der Waals surface area contributed by atoms with Crippen LogP contribution in [0, 0.1) is 0 Å². The van der Waals surface area contributed by atoms with Crippen LogP contribution in [-0.4, -0.2) is 16.0 Å². The Hall–Kier alpha value is -0.730. The van der Waals surface area contributed by atoms with E-state index < -0.39 is 0 Å². The average Bonchev–Trinajstić information content (AvgIpc) is 2.27. The highest BCUT2D eigenvalue weighted by Gasteiger charge is 2.20. The third-order valence-corrected chi connectivity index (χ3v) is 3.72. The predicted molar refractivity (Wildman–Crippen MR) is 71.8 cm³/mol. The van der Waals surface area contributed by atoms with E-state index in [9.17, 15) is 5.11 Å². The molecule has 0 fully saturated rings. The lowest BCUT2D eigenvalue weighted by Gasteiger charge is -2.24. The Bertz CT molecular complexity index is 319. The van der Waals surface area contributed by atoms with Crippen molar-refractivity contribution in [3.8, 4) is 0 Å². The van der Waals surface area contributed by atoms with Crippen LogP contribution in [0.25, 0.3) is 0 Å². The Balaban J connectivity index is 2.48. The Morgan fingerprint density at radius 3 is 2.56 bits per heavy atom. The number of aliphatic hydroxyl groups is 1. The lowest BCUT2D eigenvalue weighted by atomic mass is 10.0. The van der Waals surface area contributed by atoms with E-state index in [2.05, 4.69) is 44.7 Å². The van der Waals surface area contributed by atoms with Crippen molar-refractivity contribution < 1.29 is 5.11 Å². The van der Waals surface area contributed by atoms with Crippen LogP contribution < -0.4 is 0 Å². The van der Waals surface area contributed by atoms with Gasteiger partial charge >= 0.3 is 0 Å². The SMILES string of the molecule is C=CC(O)CCC(C)(C)Sc1ccccc1. The largest absolute Gasteiger partial charge is 0.389 e. The minimum Gasteiger partial charge on any atom is -0.389 e. The molecule has 0 aliphatic carbocycles. The van der Waals surface area contributed by atoms with Gasteiger partial charge in [-0.25, -0.2) is 0 Å². The van der Waals surface area contributed by atoms with E-state index in [-0.39, 0.29) is 10.9 Å². The van der Waals surface area contributed by atoms with Gasteiger partial charge in [0.05, 0.1) is 6.10 Å². The molecule has 16 heavy (non-hydrogen) atoms. The summed E-state index contributed by atoms with van der Waals surface area (Å²) >= 11 is 1.85. The molecule has 1 nitrogen and oxygen atoms in total. The fourth-order valence-corrected chi connectivity index (χ4v) is 2.62. The maximum atomic E-state index is 9.46. The minimum atomic E-state index is -0.379. The minimum absolute atomic E-state index is 0.144. The number of aliphatic hydroxyl groups excluding tert-OH is 1. The molecule has 2 heteroatoms. The fourth-order valence-electron chi connectivity index (χ4n) is 1.47. The summed E-state index contributed by atoms with van der Waals surface area (Å²) in [5.74, 6) is 0. The first-order valence-electron chi connectivity index (χ1n) is 5.58. The first-order chi connectivity index (χ1) is 7.53. The van der Waals surface area contributed by atoms with Crippen molar-refractivity contribution in [1.82, 2.24) is 0 Å². The summed E-state index contributed by atoms with van der Waals surface area (Å²) < 4.78 is 0.144. The van der Waals surface area contributed by atoms with Gasteiger partial charge in [0.15, 0.2) is 0 Å². The van der Waals surface area contributed by atoms with Crippen molar-refractivity contribution in [2.24, 2.45) is 0 Å². The lowest BCUT2D eigenvalue weighted by Crippen LogP contribution is -2.17. The second-order valence-electron chi connectivity index (χ2n) is 4.52. The first kappa shape index (κ1) is 13.3. The van der Waals surface area contributed by atoms with Crippen LogP contribution in [0.1, 0.15) is 26.7 Å². The van der Waals surface area contributed by atoms with Crippen LogP contribution in [0.3, 0.4) is 0 Å². The molecule has 1 rings (SSSR count). The highest BCUT2D eigenvalue weighted by molar-refractivity contribution is 8.00. The van der Waals surface area contributed by atoms with Gasteiger partial charge in [0, 0.05) is 9.64 Å². The van der Waals surface area contributed by atoms with Crippen molar-refractivity contribution in [1.29, 1.82) is 0 Å². The molecule has 0 spiro atoms. The quantitative estimate of drug-likeness (QED) is 0.597. The second kappa shape index (κ2) is 6.12. The molecule has 0 bridgehead atoms. The molecule has 1 aromatic carbocycles. The van der Waals surface area contributed by atoms with Gasteiger partial charge in [-0.05, 0) is 25.0 Å². The maximum absolute atomic E-state index is 9.46. The van der Waals surface area contributed by atoms with Crippen LogP contribution in [0.15, 0.2) is 47.9 Å². The summed E-state index contributed by atoms with van der Waals surface area (Å²) in [5, 5.41) is 9.46. The molecule has 0 amide bonds. The van der Waals surface area contributed by atoms with Crippen molar-refractivity contribution in [2.75, 3.05) is 0 Å². The van der Waals surface area contributed by atoms with Crippen molar-refractivity contribution >= 4 is 11.8 Å². The van der Waals surface area contributed by atoms with E-state index >= 15 is 0 Å². The normalized spacial score (nSPS) is 13.4. The van der Waals surface area contributed by atoms with E-state index in [1.165, 1.54) is 4.90 Å². The van der Waals surface area contributed by atoms with E-state index in [0.29, 0.717) is 0 Å². The van der Waals surface area contributed by atoms with E-state index in [0.717, 1.165) is 12.8 Å². The zero-order valence-corrected chi connectivity index (χ0v) is 10.8. The summed E-state index contributed by atoms with van der Waals surface area (Å²) in [6, 6.07) is 10.4. The van der Waals surface area contributed by atoms with E-state index in [4.69, 9.17) is 0 Å². The van der Waals surface area contributed by atoms with Crippen molar-refractivity contribution in [2.45, 2.75) is 42.4 Å². The molecule has 0 aromatic heterocycles. The molecule has 0 aliphatic rings. The molecule has 0 saturated heterocycles. The number of rotatable bonds is 6. The monoisotopic (exact) mass is 236 g/mol. The fraction of sp³-hybridized carbons (Fsp3) is 0.429. The number of benzene rings is 1. The summed E-state index contributed by atoms with van der Waals surface area (Å²) in [5.41, 5.74) is 0. The summed E-state index contributed by atoms with van der Waals surface area (Å²) in [4.78, 5) is 1.28. The van der Waals surface area contributed by atoms with Gasteiger partial charge in [-0.15, -0.1) is 18.3 Å². The van der Waals surface area contributed by atoms with Gasteiger partial charge in [-0.1, -0.05) is 38.1 Å². The highest BCUT2D eigenvalue weighted by atomic mass is 32.2. The molecule has 0 radical (unpaired) electrons. The third kappa shape index (κ3) is 4.86. The Labute approximate surface area is 103 Å². The van der Waals surface area contributed by atoms with Gasteiger partial charge in [-0.2, -0.15) is 0 Å². The molecule has 1 atom stereocenters. The van der Waals surface area contributed by atoms with Gasteiger partial charge in [0.25, 0.3) is 0 Å². The van der Waals surface area contributed by atoms with E-state index in [1.807, 2.05) is 17.8 Å². The standard InChI is InChI=1S/C14H20OS/c1-4-12(15)10-11-14(2,3)16-13-8-6-5-7-9-13/h4-9,12,15H,1,10-11H2,2-3H3. The molecule has 88 valence electrons. The van der Waals surface area contributed by atoms with E-state index in [1.54, 1.807) is 6.08 Å². The summed E-state index contributed by atoms with van der Waals surface area (Å²) in [6.07, 6.45) is 2.97. The van der Waals surface area contributed by atoms with Crippen molar-refractivity contribution in [3.05, 3.63) is 43.0 Å². The predicted octanol–water partition coefficient (Wildman–Crippen LogP) is 3.88. The molecular weight excluding hydrogens is 216 g/mol. The van der Waals surface area contributed by atoms with Crippen LogP contribution in [-0.2, 0) is 0 Å². The van der Waals surface area contributed by atoms with Crippen LogP contribution in [0.5, 0.6) is 0 Å². The number of thioether (sulfide) groups is 1. The molecule has 0 aliphatic heterocycles. The summed E-state index contributed by atoms with van der Waals surface area (Å²) in [7, 11) is 0. The lowest BCUT2D eigenvalue weighted by molar-refractivity contribution is 0.206. The molecule has 1 N–H and O–H groups in total. The average molecular weight is 236 g/mol. The van der Waals surface area contributed by atoms with Gasteiger partial charge in [0.1, 0.15) is 0 Å². The smallest absolute Gasteiger partial charge is 0.0718 e. The topological polar surface area (TPSA) is 20.2 Å². The molecular formula is C14H20OS. The number of hydrogen-bond donors (Lipinski definition) is 1. The highest BCUT2D eigenvalue weighted by Crippen LogP contribution is 2.35.